The Morgan fingerprint density at radius 1 is 1.30 bits per heavy atom. The van der Waals surface area contributed by atoms with Crippen LogP contribution in [0.1, 0.15) is 40.7 Å². The predicted molar refractivity (Wildman–Crippen MR) is 85.0 cm³/mol. The van der Waals surface area contributed by atoms with Gasteiger partial charge in [0.2, 0.25) is 0 Å². The Kier molecular flexibility index (Phi) is 4.45. The summed E-state index contributed by atoms with van der Waals surface area (Å²) in [6.45, 7) is 6.15. The molecule has 0 radical (unpaired) electrons. The Morgan fingerprint density at radius 3 is 2.60 bits per heavy atom. The third kappa shape index (κ3) is 3.39. The van der Waals surface area contributed by atoms with Gasteiger partial charge in [-0.25, -0.2) is 0 Å². The maximum absolute atomic E-state index is 12.4. The molecule has 0 aliphatic carbocycles. The summed E-state index contributed by atoms with van der Waals surface area (Å²) in [4.78, 5) is 13.6. The van der Waals surface area contributed by atoms with Crippen molar-refractivity contribution in [3.63, 3.8) is 0 Å². The molecule has 0 aliphatic heterocycles. The van der Waals surface area contributed by atoms with Crippen molar-refractivity contribution in [1.82, 2.24) is 5.32 Å². The summed E-state index contributed by atoms with van der Waals surface area (Å²) in [5.41, 5.74) is 8.03. The molecule has 0 aliphatic rings. The quantitative estimate of drug-likeness (QED) is 0.841. The molecule has 1 aromatic carbocycles. The van der Waals surface area contributed by atoms with Crippen molar-refractivity contribution < 1.29 is 4.79 Å². The number of nitrogen functional groups attached to an aromatic ring is 1. The Hall–Kier alpha value is -1.81. The number of rotatable bonds is 4. The summed E-state index contributed by atoms with van der Waals surface area (Å²) in [6.07, 6.45) is 0. The van der Waals surface area contributed by atoms with Crippen LogP contribution in [-0.2, 0) is 0 Å². The largest absolute Gasteiger partial charge is 0.399 e. The number of nitrogens with one attached hydrogen (secondary N) is 1. The highest BCUT2D eigenvalue weighted by Crippen LogP contribution is 2.26. The van der Waals surface area contributed by atoms with Crippen LogP contribution in [0, 0.1) is 12.8 Å². The van der Waals surface area contributed by atoms with Gasteiger partial charge >= 0.3 is 0 Å². The maximum Gasteiger partial charge on any atom is 0.251 e. The van der Waals surface area contributed by atoms with Crippen LogP contribution in [0.5, 0.6) is 0 Å². The van der Waals surface area contributed by atoms with Gasteiger partial charge in [0.15, 0.2) is 0 Å². The topological polar surface area (TPSA) is 55.1 Å². The fourth-order valence-electron chi connectivity index (χ4n) is 2.20. The zero-order chi connectivity index (χ0) is 14.7. The second-order valence-corrected chi connectivity index (χ2v) is 6.32. The number of hydrogen-bond acceptors (Lipinski definition) is 3. The van der Waals surface area contributed by atoms with Gasteiger partial charge in [0.1, 0.15) is 0 Å². The normalized spacial score (nSPS) is 12.4. The molecule has 20 heavy (non-hydrogen) atoms. The molecule has 0 saturated carbocycles. The van der Waals surface area contributed by atoms with Gasteiger partial charge in [-0.3, -0.25) is 4.79 Å². The molecule has 4 heteroatoms. The van der Waals surface area contributed by atoms with E-state index in [1.54, 1.807) is 17.4 Å². The van der Waals surface area contributed by atoms with Gasteiger partial charge in [0.05, 0.1) is 6.04 Å². The van der Waals surface area contributed by atoms with Crippen LogP contribution < -0.4 is 11.1 Å². The molecule has 0 fully saturated rings. The van der Waals surface area contributed by atoms with Crippen LogP contribution in [0.3, 0.4) is 0 Å². The highest BCUT2D eigenvalue weighted by Gasteiger charge is 2.20. The molecular weight excluding hydrogens is 268 g/mol. The van der Waals surface area contributed by atoms with Gasteiger partial charge in [-0.05, 0) is 48.1 Å². The third-order valence-corrected chi connectivity index (χ3v) is 4.12. The lowest BCUT2D eigenvalue weighted by atomic mass is 10.0. The molecule has 1 aromatic heterocycles. The molecule has 2 aromatic rings. The SMILES string of the molecule is Cc1cc(N)cc(C(=O)NC(c2cccs2)C(C)C)c1. The lowest BCUT2D eigenvalue weighted by Gasteiger charge is -2.21. The minimum atomic E-state index is -0.0764. The molecular formula is C16H20N2OS. The van der Waals surface area contributed by atoms with Crippen molar-refractivity contribution in [3.05, 3.63) is 51.7 Å². The summed E-state index contributed by atoms with van der Waals surface area (Å²) in [5.74, 6) is 0.257. The minimum absolute atomic E-state index is 0.0317. The fraction of sp³-hybridized carbons (Fsp3) is 0.312. The number of nitrogens with two attached hydrogens (primary N) is 1. The average Bonchev–Trinajstić information content (AvgIpc) is 2.87. The molecule has 1 amide bonds. The molecule has 106 valence electrons. The molecule has 1 atom stereocenters. The van der Waals surface area contributed by atoms with Crippen molar-refractivity contribution >= 4 is 22.9 Å². The highest BCUT2D eigenvalue weighted by molar-refractivity contribution is 7.10. The Morgan fingerprint density at radius 2 is 2.05 bits per heavy atom. The van der Waals surface area contributed by atoms with E-state index in [0.717, 1.165) is 5.56 Å². The molecule has 0 saturated heterocycles. The van der Waals surface area contributed by atoms with E-state index >= 15 is 0 Å². The van der Waals surface area contributed by atoms with Crippen molar-refractivity contribution in [2.45, 2.75) is 26.8 Å². The number of hydrogen-bond donors (Lipinski definition) is 2. The lowest BCUT2D eigenvalue weighted by Crippen LogP contribution is -2.31. The first kappa shape index (κ1) is 14.6. The average molecular weight is 288 g/mol. The monoisotopic (exact) mass is 288 g/mol. The van der Waals surface area contributed by atoms with Crippen LogP contribution in [-0.4, -0.2) is 5.91 Å². The first-order valence-electron chi connectivity index (χ1n) is 6.69. The number of thiophene rings is 1. The first-order chi connectivity index (χ1) is 9.47. The number of anilines is 1. The summed E-state index contributed by atoms with van der Waals surface area (Å²) >= 11 is 1.66. The summed E-state index contributed by atoms with van der Waals surface area (Å²) < 4.78 is 0. The predicted octanol–water partition coefficient (Wildman–Crippen LogP) is 3.77. The van der Waals surface area contributed by atoms with Gasteiger partial charge in [0, 0.05) is 16.1 Å². The van der Waals surface area contributed by atoms with E-state index in [9.17, 15) is 4.79 Å². The number of benzene rings is 1. The maximum atomic E-state index is 12.4. The molecule has 3 nitrogen and oxygen atoms in total. The van der Waals surface area contributed by atoms with E-state index < -0.39 is 0 Å². The Bertz CT molecular complexity index is 570. The molecule has 3 N–H and O–H groups in total. The fourth-order valence-corrected chi connectivity index (χ4v) is 3.15. The summed E-state index contributed by atoms with van der Waals surface area (Å²) in [5, 5.41) is 5.13. The molecule has 0 bridgehead atoms. The van der Waals surface area contributed by atoms with Crippen LogP contribution in [0.25, 0.3) is 0 Å². The van der Waals surface area contributed by atoms with Gasteiger partial charge < -0.3 is 11.1 Å². The highest BCUT2D eigenvalue weighted by atomic mass is 32.1. The Labute approximate surface area is 123 Å². The lowest BCUT2D eigenvalue weighted by molar-refractivity contribution is 0.0926. The summed E-state index contributed by atoms with van der Waals surface area (Å²) in [7, 11) is 0. The zero-order valence-corrected chi connectivity index (χ0v) is 12.8. The van der Waals surface area contributed by atoms with E-state index in [4.69, 9.17) is 5.73 Å². The van der Waals surface area contributed by atoms with Crippen molar-refractivity contribution in [3.8, 4) is 0 Å². The molecule has 0 spiro atoms. The van der Waals surface area contributed by atoms with Crippen LogP contribution in [0.4, 0.5) is 5.69 Å². The number of amides is 1. The van der Waals surface area contributed by atoms with E-state index in [1.165, 1.54) is 4.88 Å². The Balaban J connectivity index is 2.20. The zero-order valence-electron chi connectivity index (χ0n) is 12.0. The van der Waals surface area contributed by atoms with Gasteiger partial charge in [0.25, 0.3) is 5.91 Å². The molecule has 1 heterocycles. The van der Waals surface area contributed by atoms with Gasteiger partial charge in [-0.1, -0.05) is 19.9 Å². The van der Waals surface area contributed by atoms with E-state index in [-0.39, 0.29) is 11.9 Å². The van der Waals surface area contributed by atoms with Gasteiger partial charge in [-0.2, -0.15) is 0 Å². The number of carbonyl (C=O) groups excluding carboxylic acids is 1. The standard InChI is InChI=1S/C16H20N2OS/c1-10(2)15(14-5-4-6-20-14)18-16(19)12-7-11(3)8-13(17)9-12/h4-10,15H,17H2,1-3H3,(H,18,19). The van der Waals surface area contributed by atoms with Crippen molar-refractivity contribution in [2.75, 3.05) is 5.73 Å². The smallest absolute Gasteiger partial charge is 0.251 e. The molecule has 2 rings (SSSR count). The van der Waals surface area contributed by atoms with Crippen LogP contribution >= 0.6 is 11.3 Å². The van der Waals surface area contributed by atoms with E-state index in [0.29, 0.717) is 17.2 Å². The number of carbonyl (C=O) groups is 1. The first-order valence-corrected chi connectivity index (χ1v) is 7.57. The van der Waals surface area contributed by atoms with E-state index in [2.05, 4.69) is 25.2 Å². The van der Waals surface area contributed by atoms with Crippen molar-refractivity contribution in [2.24, 2.45) is 5.92 Å². The second kappa shape index (κ2) is 6.09. The van der Waals surface area contributed by atoms with Crippen molar-refractivity contribution in [1.29, 1.82) is 0 Å². The minimum Gasteiger partial charge on any atom is -0.399 e. The van der Waals surface area contributed by atoms with Crippen LogP contribution in [0.2, 0.25) is 0 Å². The number of aryl methyl sites for hydroxylation is 1. The van der Waals surface area contributed by atoms with Crippen LogP contribution in [0.15, 0.2) is 35.7 Å². The third-order valence-electron chi connectivity index (χ3n) is 3.16. The summed E-state index contributed by atoms with van der Waals surface area (Å²) in [6, 6.07) is 9.53. The van der Waals surface area contributed by atoms with Gasteiger partial charge in [-0.15, -0.1) is 11.3 Å². The molecule has 1 unspecified atom stereocenters. The second-order valence-electron chi connectivity index (χ2n) is 5.34. The van der Waals surface area contributed by atoms with E-state index in [1.807, 2.05) is 30.5 Å².